The fraction of sp³-hybridized carbons (Fsp3) is 0.417. The van der Waals surface area contributed by atoms with Crippen molar-refractivity contribution in [2.24, 2.45) is 0 Å². The van der Waals surface area contributed by atoms with Gasteiger partial charge in [0.05, 0.1) is 6.10 Å². The van der Waals surface area contributed by atoms with E-state index in [2.05, 4.69) is 5.32 Å². The molecular formula is C12H15F2NO3. The molecular weight excluding hydrogens is 244 g/mol. The summed E-state index contributed by atoms with van der Waals surface area (Å²) in [5.41, 5.74) is -0.192. The van der Waals surface area contributed by atoms with Crippen molar-refractivity contribution in [3.8, 4) is 0 Å². The van der Waals surface area contributed by atoms with Crippen LogP contribution in [0, 0.1) is 11.6 Å². The largest absolute Gasteiger partial charge is 0.480 e. The van der Waals surface area contributed by atoms with Crippen molar-refractivity contribution in [3.63, 3.8) is 0 Å². The second-order valence-corrected chi connectivity index (χ2v) is 3.89. The van der Waals surface area contributed by atoms with E-state index in [0.717, 1.165) is 18.2 Å². The third-order valence-corrected chi connectivity index (χ3v) is 2.58. The van der Waals surface area contributed by atoms with Crippen molar-refractivity contribution >= 4 is 5.97 Å². The highest BCUT2D eigenvalue weighted by Crippen LogP contribution is 2.17. The Balaban J connectivity index is 2.67. The lowest BCUT2D eigenvalue weighted by atomic mass is 10.1. The van der Waals surface area contributed by atoms with Crippen LogP contribution in [0.4, 0.5) is 8.78 Å². The molecule has 18 heavy (non-hydrogen) atoms. The molecule has 6 heteroatoms. The van der Waals surface area contributed by atoms with Crippen LogP contribution in [0.15, 0.2) is 18.2 Å². The number of aliphatic hydroxyl groups is 1. The van der Waals surface area contributed by atoms with Gasteiger partial charge in [-0.05, 0) is 24.6 Å². The minimum atomic E-state index is -1.30. The van der Waals surface area contributed by atoms with Gasteiger partial charge in [0.1, 0.15) is 17.7 Å². The molecule has 1 aromatic carbocycles. The number of benzene rings is 1. The Morgan fingerprint density at radius 1 is 1.44 bits per heavy atom. The van der Waals surface area contributed by atoms with Gasteiger partial charge in [0, 0.05) is 12.1 Å². The molecule has 0 aliphatic heterocycles. The van der Waals surface area contributed by atoms with Gasteiger partial charge in [-0.25, -0.2) is 8.78 Å². The molecule has 0 radical (unpaired) electrons. The average Bonchev–Trinajstić information content (AvgIpc) is 2.32. The highest BCUT2D eigenvalue weighted by molar-refractivity contribution is 5.73. The molecule has 3 N–H and O–H groups in total. The molecule has 1 aromatic rings. The molecule has 2 unspecified atom stereocenters. The number of carboxylic acid groups (broad SMARTS) is 1. The standard InChI is InChI=1S/C12H15F2NO3/c1-2-10(12(17)18)15-6-11(16)8-5-7(13)3-4-9(8)14/h3-5,10-11,15-16H,2,6H2,1H3,(H,17,18). The molecule has 0 saturated heterocycles. The average molecular weight is 259 g/mol. The van der Waals surface area contributed by atoms with E-state index >= 15 is 0 Å². The summed E-state index contributed by atoms with van der Waals surface area (Å²) in [7, 11) is 0. The summed E-state index contributed by atoms with van der Waals surface area (Å²) in [6, 6.07) is 1.94. The SMILES string of the molecule is CCC(NCC(O)c1cc(F)ccc1F)C(=O)O. The minimum Gasteiger partial charge on any atom is -0.480 e. The number of rotatable bonds is 6. The first-order valence-corrected chi connectivity index (χ1v) is 5.55. The van der Waals surface area contributed by atoms with Gasteiger partial charge in [0.25, 0.3) is 0 Å². The van der Waals surface area contributed by atoms with Gasteiger partial charge < -0.3 is 15.5 Å². The van der Waals surface area contributed by atoms with E-state index < -0.39 is 29.7 Å². The zero-order valence-corrected chi connectivity index (χ0v) is 9.86. The van der Waals surface area contributed by atoms with E-state index in [0.29, 0.717) is 6.42 Å². The highest BCUT2D eigenvalue weighted by atomic mass is 19.1. The Morgan fingerprint density at radius 2 is 2.11 bits per heavy atom. The molecule has 0 aromatic heterocycles. The first-order chi connectivity index (χ1) is 8.45. The number of hydrogen-bond acceptors (Lipinski definition) is 3. The van der Waals surface area contributed by atoms with Crippen molar-refractivity contribution in [3.05, 3.63) is 35.4 Å². The van der Waals surface area contributed by atoms with Crippen molar-refractivity contribution in [1.29, 1.82) is 0 Å². The number of carbonyl (C=O) groups is 1. The van der Waals surface area contributed by atoms with Crippen LogP contribution < -0.4 is 5.32 Å². The molecule has 4 nitrogen and oxygen atoms in total. The quantitative estimate of drug-likeness (QED) is 0.723. The molecule has 0 spiro atoms. The van der Waals surface area contributed by atoms with Crippen LogP contribution in [0.5, 0.6) is 0 Å². The molecule has 100 valence electrons. The molecule has 0 fully saturated rings. The van der Waals surface area contributed by atoms with E-state index in [1.807, 2.05) is 0 Å². The van der Waals surface area contributed by atoms with E-state index in [4.69, 9.17) is 5.11 Å². The number of aliphatic carboxylic acids is 1. The molecule has 0 saturated carbocycles. The van der Waals surface area contributed by atoms with E-state index in [1.165, 1.54) is 0 Å². The molecule has 0 heterocycles. The van der Waals surface area contributed by atoms with Gasteiger partial charge in [-0.1, -0.05) is 6.92 Å². The Kier molecular flexibility index (Phi) is 5.18. The third-order valence-electron chi connectivity index (χ3n) is 2.58. The van der Waals surface area contributed by atoms with Crippen LogP contribution in [-0.4, -0.2) is 28.8 Å². The number of nitrogens with one attached hydrogen (secondary N) is 1. The zero-order valence-electron chi connectivity index (χ0n) is 9.86. The first-order valence-electron chi connectivity index (χ1n) is 5.55. The van der Waals surface area contributed by atoms with Crippen LogP contribution in [0.2, 0.25) is 0 Å². The Bertz CT molecular complexity index is 426. The van der Waals surface area contributed by atoms with E-state index in [1.54, 1.807) is 6.92 Å². The highest BCUT2D eigenvalue weighted by Gasteiger charge is 2.18. The lowest BCUT2D eigenvalue weighted by molar-refractivity contribution is -0.139. The van der Waals surface area contributed by atoms with Gasteiger partial charge in [-0.2, -0.15) is 0 Å². The summed E-state index contributed by atoms with van der Waals surface area (Å²) >= 11 is 0. The number of halogens is 2. The van der Waals surface area contributed by atoms with Crippen molar-refractivity contribution < 1.29 is 23.8 Å². The third kappa shape index (κ3) is 3.75. The molecule has 0 aliphatic rings. The Labute approximate surface area is 103 Å². The second kappa shape index (κ2) is 6.42. The van der Waals surface area contributed by atoms with Crippen molar-refractivity contribution in [2.45, 2.75) is 25.5 Å². The number of hydrogen-bond donors (Lipinski definition) is 3. The summed E-state index contributed by atoms with van der Waals surface area (Å²) in [5, 5.41) is 21.0. The van der Waals surface area contributed by atoms with Crippen molar-refractivity contribution in [1.82, 2.24) is 5.32 Å². The second-order valence-electron chi connectivity index (χ2n) is 3.89. The lowest BCUT2D eigenvalue weighted by Gasteiger charge is -2.16. The van der Waals surface area contributed by atoms with Gasteiger partial charge in [-0.15, -0.1) is 0 Å². The molecule has 0 bridgehead atoms. The molecule has 2 atom stereocenters. The summed E-state index contributed by atoms with van der Waals surface area (Å²) in [5.74, 6) is -2.44. The summed E-state index contributed by atoms with van der Waals surface area (Å²) in [6.07, 6.45) is -0.970. The van der Waals surface area contributed by atoms with Crippen LogP contribution in [-0.2, 0) is 4.79 Å². The van der Waals surface area contributed by atoms with Crippen LogP contribution in [0.3, 0.4) is 0 Å². The predicted octanol–water partition coefficient (Wildman–Crippen LogP) is 1.45. The summed E-state index contributed by atoms with van der Waals surface area (Å²) in [4.78, 5) is 10.7. The lowest BCUT2D eigenvalue weighted by Crippen LogP contribution is -2.38. The number of aliphatic hydroxyl groups excluding tert-OH is 1. The van der Waals surface area contributed by atoms with Crippen LogP contribution in [0.1, 0.15) is 25.0 Å². The zero-order chi connectivity index (χ0) is 13.7. The monoisotopic (exact) mass is 259 g/mol. The first kappa shape index (κ1) is 14.5. The van der Waals surface area contributed by atoms with E-state index in [9.17, 15) is 18.7 Å². The Hall–Kier alpha value is -1.53. The van der Waals surface area contributed by atoms with E-state index in [-0.39, 0.29) is 12.1 Å². The Morgan fingerprint density at radius 3 is 2.67 bits per heavy atom. The van der Waals surface area contributed by atoms with Gasteiger partial charge in [0.15, 0.2) is 0 Å². The van der Waals surface area contributed by atoms with Gasteiger partial charge in [0.2, 0.25) is 0 Å². The fourth-order valence-corrected chi connectivity index (χ4v) is 1.54. The van der Waals surface area contributed by atoms with Gasteiger partial charge >= 0.3 is 5.97 Å². The maximum Gasteiger partial charge on any atom is 0.320 e. The molecule has 1 rings (SSSR count). The smallest absolute Gasteiger partial charge is 0.320 e. The maximum absolute atomic E-state index is 13.3. The summed E-state index contributed by atoms with van der Waals surface area (Å²) in [6.45, 7) is 1.51. The van der Waals surface area contributed by atoms with Gasteiger partial charge in [-0.3, -0.25) is 4.79 Å². The molecule has 0 aliphatic carbocycles. The minimum absolute atomic E-state index is 0.162. The normalized spacial score (nSPS) is 14.2. The van der Waals surface area contributed by atoms with Crippen LogP contribution in [0.25, 0.3) is 0 Å². The summed E-state index contributed by atoms with van der Waals surface area (Å²) < 4.78 is 26.2. The fourth-order valence-electron chi connectivity index (χ4n) is 1.54. The van der Waals surface area contributed by atoms with Crippen LogP contribution >= 0.6 is 0 Å². The van der Waals surface area contributed by atoms with Crippen molar-refractivity contribution in [2.75, 3.05) is 6.54 Å². The number of carboxylic acids is 1. The topological polar surface area (TPSA) is 69.6 Å². The molecule has 0 amide bonds. The predicted molar refractivity (Wildman–Crippen MR) is 61.0 cm³/mol. The maximum atomic E-state index is 13.3.